The van der Waals surface area contributed by atoms with Crippen molar-refractivity contribution in [2.24, 2.45) is 0 Å². The van der Waals surface area contributed by atoms with E-state index >= 15 is 0 Å². The van der Waals surface area contributed by atoms with Gasteiger partial charge in [-0.15, -0.1) is 11.5 Å². The number of aromatic nitrogens is 4. The zero-order chi connectivity index (χ0) is 10.4. The quantitative estimate of drug-likeness (QED) is 0.635. The monoisotopic (exact) mass is 193 g/mol. The van der Waals surface area contributed by atoms with Crippen molar-refractivity contribution < 1.29 is 4.79 Å². The Labute approximate surface area is 81.7 Å². The summed E-state index contributed by atoms with van der Waals surface area (Å²) in [5, 5.41) is 13.0. The number of amides is 1. The van der Waals surface area contributed by atoms with E-state index in [1.54, 1.807) is 0 Å². The first-order valence-corrected chi connectivity index (χ1v) is 4.22. The summed E-state index contributed by atoms with van der Waals surface area (Å²) in [7, 11) is 0. The van der Waals surface area contributed by atoms with Crippen LogP contribution in [0.3, 0.4) is 0 Å². The zero-order valence-corrected chi connectivity index (χ0v) is 7.84. The Hall–Kier alpha value is -1.90. The molecule has 1 rings (SSSR count). The van der Waals surface area contributed by atoms with Crippen molar-refractivity contribution in [3.8, 4) is 12.3 Å². The smallest absolute Gasteiger partial charge is 0.242 e. The first-order chi connectivity index (χ1) is 6.76. The number of tetrazole rings is 1. The summed E-state index contributed by atoms with van der Waals surface area (Å²) in [6.45, 7) is 1.99. The molecule has 0 bridgehead atoms. The molecule has 1 heterocycles. The standard InChI is InChI=1S/C8H11N5O/c1-3-7(4-2)10-8(14)5-13-6-9-11-12-13/h1,6-7H,4-5H2,2H3,(H,10,14). The first-order valence-electron chi connectivity index (χ1n) is 4.22. The molecule has 0 aliphatic rings. The minimum atomic E-state index is -0.223. The van der Waals surface area contributed by atoms with Gasteiger partial charge in [-0.2, -0.15) is 0 Å². The summed E-state index contributed by atoms with van der Waals surface area (Å²) in [4.78, 5) is 11.3. The van der Waals surface area contributed by atoms with Gasteiger partial charge in [0.1, 0.15) is 12.9 Å². The van der Waals surface area contributed by atoms with E-state index in [0.717, 1.165) is 0 Å². The number of carbonyl (C=O) groups excluding carboxylic acids is 1. The molecule has 6 heteroatoms. The molecule has 0 aliphatic carbocycles. The van der Waals surface area contributed by atoms with Gasteiger partial charge in [-0.1, -0.05) is 12.8 Å². The molecule has 1 aromatic rings. The van der Waals surface area contributed by atoms with Gasteiger partial charge in [0.15, 0.2) is 0 Å². The number of rotatable bonds is 4. The molecule has 1 amide bonds. The molecular formula is C8H11N5O. The molecule has 74 valence electrons. The van der Waals surface area contributed by atoms with Gasteiger partial charge in [0.25, 0.3) is 0 Å². The van der Waals surface area contributed by atoms with E-state index < -0.39 is 0 Å². The third-order valence-corrected chi connectivity index (χ3v) is 1.64. The molecule has 1 aromatic heterocycles. The molecule has 0 radical (unpaired) electrons. The van der Waals surface area contributed by atoms with Crippen LogP contribution >= 0.6 is 0 Å². The van der Waals surface area contributed by atoms with Crippen molar-refractivity contribution in [3.05, 3.63) is 6.33 Å². The van der Waals surface area contributed by atoms with Crippen LogP contribution in [0.25, 0.3) is 0 Å². The zero-order valence-electron chi connectivity index (χ0n) is 7.84. The molecule has 0 saturated carbocycles. The molecule has 1 N–H and O–H groups in total. The van der Waals surface area contributed by atoms with Crippen LogP contribution in [0.15, 0.2) is 6.33 Å². The Morgan fingerprint density at radius 2 is 2.57 bits per heavy atom. The van der Waals surface area contributed by atoms with E-state index in [9.17, 15) is 4.79 Å². The van der Waals surface area contributed by atoms with E-state index in [-0.39, 0.29) is 18.5 Å². The van der Waals surface area contributed by atoms with Gasteiger partial charge in [0.05, 0.1) is 6.04 Å². The minimum absolute atomic E-state index is 0.0885. The lowest BCUT2D eigenvalue weighted by Gasteiger charge is -2.09. The maximum Gasteiger partial charge on any atom is 0.242 e. The molecule has 0 saturated heterocycles. The molecule has 0 aliphatic heterocycles. The summed E-state index contributed by atoms with van der Waals surface area (Å²) in [5.41, 5.74) is 0. The van der Waals surface area contributed by atoms with E-state index in [0.29, 0.717) is 6.42 Å². The minimum Gasteiger partial charge on any atom is -0.341 e. The largest absolute Gasteiger partial charge is 0.341 e. The summed E-state index contributed by atoms with van der Waals surface area (Å²) < 4.78 is 1.33. The van der Waals surface area contributed by atoms with Gasteiger partial charge in [0, 0.05) is 0 Å². The van der Waals surface area contributed by atoms with Crippen LogP contribution in [-0.4, -0.2) is 32.2 Å². The third-order valence-electron chi connectivity index (χ3n) is 1.64. The molecule has 0 aromatic carbocycles. The number of carbonyl (C=O) groups is 1. The normalized spacial score (nSPS) is 11.7. The molecular weight excluding hydrogens is 182 g/mol. The summed E-state index contributed by atoms with van der Waals surface area (Å²) in [5.74, 6) is 2.28. The second kappa shape index (κ2) is 4.97. The van der Waals surface area contributed by atoms with Crippen molar-refractivity contribution in [3.63, 3.8) is 0 Å². The molecule has 1 unspecified atom stereocenters. The van der Waals surface area contributed by atoms with Crippen LogP contribution in [0.4, 0.5) is 0 Å². The fraction of sp³-hybridized carbons (Fsp3) is 0.500. The van der Waals surface area contributed by atoms with Crippen molar-refractivity contribution in [1.82, 2.24) is 25.5 Å². The Kier molecular flexibility index (Phi) is 3.61. The van der Waals surface area contributed by atoms with Crippen LogP contribution in [0.1, 0.15) is 13.3 Å². The first kappa shape index (κ1) is 10.2. The molecule has 14 heavy (non-hydrogen) atoms. The average molecular weight is 193 g/mol. The van der Waals surface area contributed by atoms with E-state index in [1.807, 2.05) is 6.92 Å². The average Bonchev–Trinajstić information content (AvgIpc) is 2.66. The van der Waals surface area contributed by atoms with Crippen LogP contribution < -0.4 is 5.32 Å². The van der Waals surface area contributed by atoms with Gasteiger partial charge in [-0.25, -0.2) is 4.68 Å². The van der Waals surface area contributed by atoms with Crippen LogP contribution in [-0.2, 0) is 11.3 Å². The van der Waals surface area contributed by atoms with Crippen molar-refractivity contribution in [2.75, 3.05) is 0 Å². The van der Waals surface area contributed by atoms with Crippen LogP contribution in [0.2, 0.25) is 0 Å². The third kappa shape index (κ3) is 2.86. The van der Waals surface area contributed by atoms with Gasteiger partial charge in [-0.3, -0.25) is 4.79 Å². The highest BCUT2D eigenvalue weighted by Gasteiger charge is 2.08. The number of hydrogen-bond donors (Lipinski definition) is 1. The van der Waals surface area contributed by atoms with Crippen molar-refractivity contribution >= 4 is 5.91 Å². The number of nitrogens with one attached hydrogen (secondary N) is 1. The van der Waals surface area contributed by atoms with Gasteiger partial charge >= 0.3 is 0 Å². The molecule has 0 fully saturated rings. The van der Waals surface area contributed by atoms with Crippen molar-refractivity contribution in [2.45, 2.75) is 25.9 Å². The lowest BCUT2D eigenvalue weighted by Crippen LogP contribution is -2.35. The van der Waals surface area contributed by atoms with Gasteiger partial charge in [-0.05, 0) is 16.8 Å². The number of nitrogens with zero attached hydrogens (tertiary/aromatic N) is 4. The van der Waals surface area contributed by atoms with Gasteiger partial charge < -0.3 is 5.32 Å². The van der Waals surface area contributed by atoms with Crippen LogP contribution in [0, 0.1) is 12.3 Å². The summed E-state index contributed by atoms with van der Waals surface area (Å²) in [6.07, 6.45) is 7.27. The predicted octanol–water partition coefficient (Wildman–Crippen LogP) is -0.799. The highest BCUT2D eigenvalue weighted by molar-refractivity contribution is 5.76. The Bertz CT molecular complexity index is 326. The Balaban J connectivity index is 2.40. The maximum atomic E-state index is 11.3. The maximum absolute atomic E-state index is 11.3. The highest BCUT2D eigenvalue weighted by Crippen LogP contribution is 1.88. The predicted molar refractivity (Wildman–Crippen MR) is 48.9 cm³/mol. The molecule has 0 spiro atoms. The van der Waals surface area contributed by atoms with Gasteiger partial charge in [0.2, 0.25) is 5.91 Å². The van der Waals surface area contributed by atoms with Crippen molar-refractivity contribution in [1.29, 1.82) is 0 Å². The summed E-state index contributed by atoms with van der Waals surface area (Å²) >= 11 is 0. The SMILES string of the molecule is C#CC(CC)NC(=O)Cn1cnnn1. The highest BCUT2D eigenvalue weighted by atomic mass is 16.2. The number of terminal acetylenes is 1. The van der Waals surface area contributed by atoms with Crippen LogP contribution in [0.5, 0.6) is 0 Å². The van der Waals surface area contributed by atoms with E-state index in [4.69, 9.17) is 6.42 Å². The topological polar surface area (TPSA) is 72.7 Å². The van der Waals surface area contributed by atoms with E-state index in [2.05, 4.69) is 26.8 Å². The Morgan fingerprint density at radius 3 is 3.07 bits per heavy atom. The molecule has 1 atom stereocenters. The number of hydrogen-bond acceptors (Lipinski definition) is 4. The fourth-order valence-electron chi connectivity index (χ4n) is 0.901. The second-order valence-electron chi connectivity index (χ2n) is 2.70. The Morgan fingerprint density at radius 1 is 1.79 bits per heavy atom. The lowest BCUT2D eigenvalue weighted by molar-refractivity contribution is -0.122. The summed E-state index contributed by atoms with van der Waals surface area (Å²) in [6, 6.07) is -0.223. The van der Waals surface area contributed by atoms with E-state index in [1.165, 1.54) is 11.0 Å². The fourth-order valence-corrected chi connectivity index (χ4v) is 0.901. The second-order valence-corrected chi connectivity index (χ2v) is 2.70. The molecule has 6 nitrogen and oxygen atoms in total. The lowest BCUT2D eigenvalue weighted by atomic mass is 10.2.